The van der Waals surface area contributed by atoms with Crippen molar-refractivity contribution in [3.8, 4) is 17.2 Å². The van der Waals surface area contributed by atoms with Crippen LogP contribution in [0.2, 0.25) is 0 Å². The van der Waals surface area contributed by atoms with Gasteiger partial charge in [0.15, 0.2) is 17.3 Å². The van der Waals surface area contributed by atoms with E-state index < -0.39 is 0 Å². The van der Waals surface area contributed by atoms with Gasteiger partial charge in [-0.05, 0) is 55.1 Å². The largest absolute Gasteiger partial charge is 0.490 e. The summed E-state index contributed by atoms with van der Waals surface area (Å²) in [7, 11) is 0. The van der Waals surface area contributed by atoms with E-state index in [1.807, 2.05) is 74.5 Å². The van der Waals surface area contributed by atoms with Crippen molar-refractivity contribution in [3.05, 3.63) is 89.9 Å². The first-order chi connectivity index (χ1) is 16.2. The molecule has 0 spiro atoms. The molecule has 0 saturated heterocycles. The highest BCUT2D eigenvalue weighted by Gasteiger charge is 2.13. The number of carbonyl (C=O) groups excluding carboxylic acids is 1. The Morgan fingerprint density at radius 1 is 0.818 bits per heavy atom. The Morgan fingerprint density at radius 3 is 2.45 bits per heavy atom. The molecule has 0 aliphatic rings. The van der Waals surface area contributed by atoms with Gasteiger partial charge in [-0.3, -0.25) is 4.79 Å². The summed E-state index contributed by atoms with van der Waals surface area (Å²) in [5, 5.41) is 5.02. The van der Waals surface area contributed by atoms with Gasteiger partial charge in [0.25, 0.3) is 5.91 Å². The highest BCUT2D eigenvalue weighted by molar-refractivity contribution is 5.91. The van der Waals surface area contributed by atoms with E-state index in [1.54, 1.807) is 12.1 Å². The van der Waals surface area contributed by atoms with Gasteiger partial charge in [0.05, 0.1) is 13.2 Å². The molecule has 6 heteroatoms. The number of fused-ring (bicyclic) bond motifs is 1. The van der Waals surface area contributed by atoms with E-state index in [9.17, 15) is 4.79 Å². The van der Waals surface area contributed by atoms with E-state index in [2.05, 4.69) is 5.32 Å². The first-order valence-corrected chi connectivity index (χ1v) is 11.0. The molecule has 1 amide bonds. The van der Waals surface area contributed by atoms with Crippen molar-refractivity contribution < 1.29 is 23.4 Å². The molecule has 0 saturated carbocycles. The third kappa shape index (κ3) is 5.47. The summed E-state index contributed by atoms with van der Waals surface area (Å²) >= 11 is 0. The second kappa shape index (κ2) is 10.6. The third-order valence-corrected chi connectivity index (χ3v) is 5.07. The maximum absolute atomic E-state index is 12.6. The molecule has 1 aromatic heterocycles. The van der Waals surface area contributed by atoms with E-state index in [4.69, 9.17) is 18.6 Å². The number of amides is 1. The van der Waals surface area contributed by atoms with Crippen LogP contribution in [0.15, 0.2) is 77.2 Å². The molecule has 4 rings (SSSR count). The average molecular weight is 446 g/mol. The van der Waals surface area contributed by atoms with E-state index in [0.717, 1.165) is 22.1 Å². The smallest absolute Gasteiger partial charge is 0.287 e. The zero-order chi connectivity index (χ0) is 23.0. The van der Waals surface area contributed by atoms with Gasteiger partial charge in [0.1, 0.15) is 18.1 Å². The Labute approximate surface area is 193 Å². The Hall–Kier alpha value is -3.93. The summed E-state index contributed by atoms with van der Waals surface area (Å²) < 4.78 is 22.9. The lowest BCUT2D eigenvalue weighted by molar-refractivity contribution is 0.0919. The Kier molecular flexibility index (Phi) is 7.15. The van der Waals surface area contributed by atoms with Gasteiger partial charge < -0.3 is 23.9 Å². The summed E-state index contributed by atoms with van der Waals surface area (Å²) in [4.78, 5) is 12.6. The molecule has 0 unspecified atom stereocenters. The molecule has 1 N–H and O–H groups in total. The van der Waals surface area contributed by atoms with Crippen molar-refractivity contribution >= 4 is 16.7 Å². The number of carbonyl (C=O) groups is 1. The van der Waals surface area contributed by atoms with Crippen LogP contribution in [0.1, 0.15) is 35.7 Å². The van der Waals surface area contributed by atoms with Crippen LogP contribution in [-0.2, 0) is 13.2 Å². The maximum atomic E-state index is 12.6. The normalized spacial score (nSPS) is 10.7. The summed E-state index contributed by atoms with van der Waals surface area (Å²) in [6.07, 6.45) is 0. The molecule has 170 valence electrons. The summed E-state index contributed by atoms with van der Waals surface area (Å²) in [6.45, 7) is 5.51. The molecule has 4 aromatic rings. The number of furan rings is 1. The third-order valence-electron chi connectivity index (χ3n) is 5.07. The lowest BCUT2D eigenvalue weighted by atomic mass is 10.1. The topological polar surface area (TPSA) is 69.9 Å². The Bertz CT molecular complexity index is 1220. The summed E-state index contributed by atoms with van der Waals surface area (Å²) in [5.74, 6) is 2.65. The van der Waals surface area contributed by atoms with Gasteiger partial charge in [-0.1, -0.05) is 42.5 Å². The lowest BCUT2D eigenvalue weighted by Gasteiger charge is -2.12. The van der Waals surface area contributed by atoms with Crippen LogP contribution >= 0.6 is 0 Å². The fourth-order valence-electron chi connectivity index (χ4n) is 3.52. The second-order valence-electron chi connectivity index (χ2n) is 7.36. The minimum atomic E-state index is -0.293. The molecule has 0 radical (unpaired) electrons. The first kappa shape index (κ1) is 22.3. The highest BCUT2D eigenvalue weighted by Crippen LogP contribution is 2.29. The SMILES string of the molecule is CCOc1ccc(CNC(=O)c2ccc(COc3cccc4ccccc34)o2)cc1OCC. The molecular formula is C27H27NO5. The van der Waals surface area contributed by atoms with Gasteiger partial charge in [-0.15, -0.1) is 0 Å². The molecule has 0 aliphatic carbocycles. The van der Waals surface area contributed by atoms with E-state index in [1.165, 1.54) is 0 Å². The molecule has 0 atom stereocenters. The number of hydrogen-bond acceptors (Lipinski definition) is 5. The minimum absolute atomic E-state index is 0.234. The Morgan fingerprint density at radius 2 is 1.61 bits per heavy atom. The Balaban J connectivity index is 1.35. The lowest BCUT2D eigenvalue weighted by Crippen LogP contribution is -2.22. The van der Waals surface area contributed by atoms with Gasteiger partial charge in [-0.2, -0.15) is 0 Å². The molecule has 0 bridgehead atoms. The zero-order valence-electron chi connectivity index (χ0n) is 18.8. The van der Waals surface area contributed by atoms with Crippen LogP contribution in [0.25, 0.3) is 10.8 Å². The van der Waals surface area contributed by atoms with Gasteiger partial charge in [-0.25, -0.2) is 0 Å². The molecular weight excluding hydrogens is 418 g/mol. The van der Waals surface area contributed by atoms with Crippen LogP contribution < -0.4 is 19.5 Å². The molecule has 0 aliphatic heterocycles. The molecule has 6 nitrogen and oxygen atoms in total. The van der Waals surface area contributed by atoms with Crippen molar-refractivity contribution in [2.24, 2.45) is 0 Å². The molecule has 1 heterocycles. The van der Waals surface area contributed by atoms with Crippen molar-refractivity contribution in [1.82, 2.24) is 5.32 Å². The van der Waals surface area contributed by atoms with Gasteiger partial charge in [0, 0.05) is 11.9 Å². The highest BCUT2D eigenvalue weighted by atomic mass is 16.5. The number of nitrogens with one attached hydrogen (secondary N) is 1. The maximum Gasteiger partial charge on any atom is 0.287 e. The van der Waals surface area contributed by atoms with Crippen molar-refractivity contribution in [2.75, 3.05) is 13.2 Å². The van der Waals surface area contributed by atoms with Crippen molar-refractivity contribution in [2.45, 2.75) is 27.0 Å². The van der Waals surface area contributed by atoms with E-state index >= 15 is 0 Å². The first-order valence-electron chi connectivity index (χ1n) is 11.0. The predicted octanol–water partition coefficient (Wildman–Crippen LogP) is 5.74. The molecule has 0 fully saturated rings. The van der Waals surface area contributed by atoms with E-state index in [0.29, 0.717) is 37.0 Å². The number of ether oxygens (including phenoxy) is 3. The molecule has 33 heavy (non-hydrogen) atoms. The van der Waals surface area contributed by atoms with Crippen LogP contribution in [0.4, 0.5) is 0 Å². The van der Waals surface area contributed by atoms with E-state index in [-0.39, 0.29) is 18.3 Å². The van der Waals surface area contributed by atoms with Gasteiger partial charge >= 0.3 is 0 Å². The van der Waals surface area contributed by atoms with Crippen LogP contribution in [-0.4, -0.2) is 19.1 Å². The van der Waals surface area contributed by atoms with Gasteiger partial charge in [0.2, 0.25) is 0 Å². The minimum Gasteiger partial charge on any atom is -0.490 e. The fraction of sp³-hybridized carbons (Fsp3) is 0.222. The summed E-state index contributed by atoms with van der Waals surface area (Å²) in [5.41, 5.74) is 0.904. The average Bonchev–Trinajstić information content (AvgIpc) is 3.32. The molecule has 3 aromatic carbocycles. The fourth-order valence-corrected chi connectivity index (χ4v) is 3.52. The predicted molar refractivity (Wildman–Crippen MR) is 127 cm³/mol. The van der Waals surface area contributed by atoms with Crippen LogP contribution in [0.3, 0.4) is 0 Å². The quantitative estimate of drug-likeness (QED) is 0.337. The number of benzene rings is 3. The van der Waals surface area contributed by atoms with Crippen molar-refractivity contribution in [3.63, 3.8) is 0 Å². The van der Waals surface area contributed by atoms with Crippen LogP contribution in [0.5, 0.6) is 17.2 Å². The standard InChI is InChI=1S/C27H27NO5/c1-3-30-24-14-12-19(16-26(24)31-4-2)17-28-27(29)25-15-13-21(33-25)18-32-23-11-7-9-20-8-5-6-10-22(20)23/h5-16H,3-4,17-18H2,1-2H3,(H,28,29). The monoisotopic (exact) mass is 445 g/mol. The number of hydrogen-bond donors (Lipinski definition) is 1. The van der Waals surface area contributed by atoms with Crippen molar-refractivity contribution in [1.29, 1.82) is 0 Å². The zero-order valence-corrected chi connectivity index (χ0v) is 18.8. The number of rotatable bonds is 10. The summed E-state index contributed by atoms with van der Waals surface area (Å²) in [6, 6.07) is 23.0. The second-order valence-corrected chi connectivity index (χ2v) is 7.36. The van der Waals surface area contributed by atoms with Crippen LogP contribution in [0, 0.1) is 0 Å².